The van der Waals surface area contributed by atoms with E-state index in [9.17, 15) is 4.79 Å². The van der Waals surface area contributed by atoms with E-state index in [0.29, 0.717) is 6.42 Å². The summed E-state index contributed by atoms with van der Waals surface area (Å²) in [5.74, 6) is -0.664. The maximum absolute atomic E-state index is 10.3. The number of carboxylic acid groups (broad SMARTS) is 1. The van der Waals surface area contributed by atoms with Gasteiger partial charge < -0.3 is 14.2 Å². The van der Waals surface area contributed by atoms with Gasteiger partial charge in [0.1, 0.15) is 0 Å². The first-order valence-electron chi connectivity index (χ1n) is 9.14. The number of unbranched alkanes of at least 4 members (excludes halogenated alkanes) is 11. The second kappa shape index (κ2) is 31.0. The summed E-state index contributed by atoms with van der Waals surface area (Å²) in [4.78, 5) is 10.3. The average molecular weight is 409 g/mol. The summed E-state index contributed by atoms with van der Waals surface area (Å²) in [6, 6.07) is 0. The molecule has 0 saturated carbocycles. The van der Waals surface area contributed by atoms with Crippen LogP contribution in [0.25, 0.3) is 0 Å². The molecule has 0 aromatic rings. The van der Waals surface area contributed by atoms with E-state index in [-0.39, 0.29) is 59.1 Å². The molecule has 0 aromatic heterocycles. The van der Waals surface area contributed by atoms with Crippen LogP contribution in [0.3, 0.4) is 0 Å². The van der Waals surface area contributed by atoms with Crippen molar-refractivity contribution in [1.29, 1.82) is 0 Å². The summed E-state index contributed by atoms with van der Waals surface area (Å²) < 4.78 is 25.3. The molecule has 0 aromatic carbocycles. The molecule has 26 heavy (non-hydrogen) atoms. The molecule has 0 unspecified atom stereocenters. The SMILES string of the molecule is CCCCCCCC/C=C\CCCCCCCC(=O)O.O=S([O-])[O-].[Na+].[Na+]. The van der Waals surface area contributed by atoms with Crippen LogP contribution in [0, 0.1) is 0 Å². The Labute approximate surface area is 206 Å². The first-order chi connectivity index (χ1) is 11.5. The molecule has 0 heterocycles. The Morgan fingerprint density at radius 1 is 0.808 bits per heavy atom. The van der Waals surface area contributed by atoms with Crippen LogP contribution < -0.4 is 59.1 Å². The van der Waals surface area contributed by atoms with Gasteiger partial charge in [0.05, 0.1) is 0 Å². The van der Waals surface area contributed by atoms with Crippen molar-refractivity contribution in [2.24, 2.45) is 0 Å². The van der Waals surface area contributed by atoms with Gasteiger partial charge in [-0.2, -0.15) is 0 Å². The molecule has 0 spiro atoms. The molecular formula is C18H34Na2O5S. The molecule has 8 heteroatoms. The number of carboxylic acids is 1. The molecule has 0 aliphatic carbocycles. The fraction of sp³-hybridized carbons (Fsp3) is 0.833. The third-order valence-corrected chi connectivity index (χ3v) is 3.65. The van der Waals surface area contributed by atoms with Crippen LogP contribution in [0.2, 0.25) is 0 Å². The summed E-state index contributed by atoms with van der Waals surface area (Å²) in [5.41, 5.74) is 0. The maximum Gasteiger partial charge on any atom is 1.00 e. The summed E-state index contributed by atoms with van der Waals surface area (Å²) in [6.07, 6.45) is 21.2. The molecule has 0 radical (unpaired) electrons. The first-order valence-corrected chi connectivity index (χ1v) is 10.1. The van der Waals surface area contributed by atoms with Crippen molar-refractivity contribution >= 4 is 17.3 Å². The Hall–Kier alpha value is 1.28. The minimum absolute atomic E-state index is 0. The van der Waals surface area contributed by atoms with Gasteiger partial charge in [-0.05, 0) is 32.1 Å². The van der Waals surface area contributed by atoms with Crippen LogP contribution >= 0.6 is 0 Å². The predicted molar refractivity (Wildman–Crippen MR) is 96.8 cm³/mol. The van der Waals surface area contributed by atoms with Crippen LogP contribution in [0.4, 0.5) is 0 Å². The van der Waals surface area contributed by atoms with Gasteiger partial charge in [0.25, 0.3) is 0 Å². The van der Waals surface area contributed by atoms with Gasteiger partial charge in [0.15, 0.2) is 0 Å². The van der Waals surface area contributed by atoms with Crippen molar-refractivity contribution in [1.82, 2.24) is 0 Å². The second-order valence-corrected chi connectivity index (χ2v) is 6.34. The van der Waals surface area contributed by atoms with Crippen molar-refractivity contribution in [3.63, 3.8) is 0 Å². The zero-order chi connectivity index (χ0) is 18.5. The van der Waals surface area contributed by atoms with Gasteiger partial charge in [-0.15, -0.1) is 11.4 Å². The molecule has 5 nitrogen and oxygen atoms in total. The smallest absolute Gasteiger partial charge is 0.784 e. The fourth-order valence-corrected chi connectivity index (χ4v) is 2.35. The fourth-order valence-electron chi connectivity index (χ4n) is 2.35. The van der Waals surface area contributed by atoms with Gasteiger partial charge in [0.2, 0.25) is 0 Å². The molecular weight excluding hydrogens is 374 g/mol. The number of hydrogen-bond donors (Lipinski definition) is 1. The minimum Gasteiger partial charge on any atom is -0.784 e. The van der Waals surface area contributed by atoms with E-state index in [1.165, 1.54) is 70.6 Å². The summed E-state index contributed by atoms with van der Waals surface area (Å²) in [7, 11) is 0. The standard InChI is InChI=1S/C18H34O2.2Na.H2O3S/c1-2-3-4-5-6-7-8-9-10-11-12-13-14-15-16-17-18(19)20;;;1-4(2)3/h9-10H,2-8,11-17H2,1H3,(H,19,20);;;(H2,1,2,3)/q;2*+1;/p-2/b10-9-;;;. The summed E-state index contributed by atoms with van der Waals surface area (Å²) >= 11 is -3.11. The maximum atomic E-state index is 10.3. The van der Waals surface area contributed by atoms with E-state index in [1.807, 2.05) is 0 Å². The number of allylic oxidation sites excluding steroid dienone is 2. The van der Waals surface area contributed by atoms with Crippen molar-refractivity contribution in [2.45, 2.75) is 96.8 Å². The number of hydrogen-bond acceptors (Lipinski definition) is 4. The Morgan fingerprint density at radius 3 is 1.54 bits per heavy atom. The summed E-state index contributed by atoms with van der Waals surface area (Å²) in [5, 5.41) is 8.51. The average Bonchev–Trinajstić information content (AvgIpc) is 2.50. The van der Waals surface area contributed by atoms with Crippen LogP contribution in [0.5, 0.6) is 0 Å². The summed E-state index contributed by atoms with van der Waals surface area (Å²) in [6.45, 7) is 2.26. The van der Waals surface area contributed by atoms with E-state index in [0.717, 1.165) is 12.8 Å². The quantitative estimate of drug-likeness (QED) is 0.164. The zero-order valence-corrected chi connectivity index (χ0v) is 21.9. The number of rotatable bonds is 15. The molecule has 0 aliphatic heterocycles. The van der Waals surface area contributed by atoms with E-state index in [1.54, 1.807) is 0 Å². The molecule has 144 valence electrons. The third-order valence-electron chi connectivity index (χ3n) is 3.65. The van der Waals surface area contributed by atoms with Crippen molar-refractivity contribution < 1.29 is 82.3 Å². The van der Waals surface area contributed by atoms with Gasteiger partial charge in [0, 0.05) is 6.42 Å². The van der Waals surface area contributed by atoms with Crippen molar-refractivity contribution in [3.8, 4) is 0 Å². The second-order valence-electron chi connectivity index (χ2n) is 5.93. The molecule has 0 bridgehead atoms. The zero-order valence-electron chi connectivity index (χ0n) is 17.0. The van der Waals surface area contributed by atoms with Crippen LogP contribution in [-0.2, 0) is 16.2 Å². The Kier molecular flexibility index (Phi) is 41.4. The minimum atomic E-state index is -3.11. The Balaban J connectivity index is -0.000000363. The van der Waals surface area contributed by atoms with Gasteiger partial charge in [-0.3, -0.25) is 9.00 Å². The molecule has 0 amide bonds. The van der Waals surface area contributed by atoms with E-state index in [2.05, 4.69) is 19.1 Å². The normalized spacial score (nSPS) is 10.0. The van der Waals surface area contributed by atoms with Gasteiger partial charge >= 0.3 is 65.1 Å². The third kappa shape index (κ3) is 44.6. The molecule has 0 aliphatic rings. The Bertz CT molecular complexity index is 325. The van der Waals surface area contributed by atoms with Gasteiger partial charge in [-0.1, -0.05) is 70.4 Å². The van der Waals surface area contributed by atoms with E-state index >= 15 is 0 Å². The molecule has 0 saturated heterocycles. The monoisotopic (exact) mass is 408 g/mol. The predicted octanol–water partition coefficient (Wildman–Crippen LogP) is -0.888. The van der Waals surface area contributed by atoms with Crippen LogP contribution in [-0.4, -0.2) is 24.4 Å². The van der Waals surface area contributed by atoms with E-state index in [4.69, 9.17) is 18.4 Å². The van der Waals surface area contributed by atoms with Crippen LogP contribution in [0.15, 0.2) is 12.2 Å². The first kappa shape index (κ1) is 34.8. The largest absolute Gasteiger partial charge is 1.00 e. The topological polar surface area (TPSA) is 100 Å². The number of carbonyl (C=O) groups is 1. The van der Waals surface area contributed by atoms with Crippen LogP contribution in [0.1, 0.15) is 96.8 Å². The Morgan fingerprint density at radius 2 is 1.15 bits per heavy atom. The molecule has 0 rings (SSSR count). The van der Waals surface area contributed by atoms with Gasteiger partial charge in [-0.25, -0.2) is 0 Å². The number of aliphatic carboxylic acids is 1. The van der Waals surface area contributed by atoms with Crippen molar-refractivity contribution in [3.05, 3.63) is 12.2 Å². The molecule has 0 fully saturated rings. The van der Waals surface area contributed by atoms with E-state index < -0.39 is 17.3 Å². The van der Waals surface area contributed by atoms with Crippen molar-refractivity contribution in [2.75, 3.05) is 0 Å². The molecule has 1 N–H and O–H groups in total. The molecule has 0 atom stereocenters.